The van der Waals surface area contributed by atoms with Crippen LogP contribution in [0.3, 0.4) is 0 Å². The van der Waals surface area contributed by atoms with Gasteiger partial charge in [-0.05, 0) is 48.2 Å². The Morgan fingerprint density at radius 1 is 1.31 bits per heavy atom. The van der Waals surface area contributed by atoms with Crippen LogP contribution in [0, 0.1) is 0 Å². The monoisotopic (exact) mass is 387 g/mol. The maximum Gasteiger partial charge on any atom is 0.250 e. The lowest BCUT2D eigenvalue weighted by atomic mass is 10.2. The lowest BCUT2D eigenvalue weighted by Crippen LogP contribution is -2.20. The average molecular weight is 388 g/mol. The van der Waals surface area contributed by atoms with Crippen LogP contribution in [0.25, 0.3) is 0 Å². The van der Waals surface area contributed by atoms with Crippen LogP contribution in [0.1, 0.15) is 22.8 Å². The molecule has 1 aromatic carbocycles. The summed E-state index contributed by atoms with van der Waals surface area (Å²) in [4.78, 5) is 17.4. The van der Waals surface area contributed by atoms with E-state index in [-0.39, 0.29) is 0 Å². The van der Waals surface area contributed by atoms with Crippen molar-refractivity contribution in [2.75, 3.05) is 11.4 Å². The van der Waals surface area contributed by atoms with Crippen LogP contribution in [0.4, 0.5) is 5.00 Å². The molecule has 3 rings (SSSR count). The van der Waals surface area contributed by atoms with Gasteiger partial charge in [-0.3, -0.25) is 4.79 Å². The minimum absolute atomic E-state index is 0.326. The van der Waals surface area contributed by atoms with Crippen LogP contribution >= 0.6 is 22.9 Å². The predicted octanol–water partition coefficient (Wildman–Crippen LogP) is 4.71. The first-order valence-corrected chi connectivity index (χ1v) is 9.33. The van der Waals surface area contributed by atoms with E-state index in [2.05, 4.69) is 28.3 Å². The summed E-state index contributed by atoms with van der Waals surface area (Å²) >= 11 is 8.08. The number of carbonyl (C=O) groups excluding carboxylic acids is 1. The zero-order chi connectivity index (χ0) is 18.5. The zero-order valence-corrected chi connectivity index (χ0v) is 15.8. The largest absolute Gasteiger partial charge is 0.437 e. The van der Waals surface area contributed by atoms with Crippen molar-refractivity contribution in [3.05, 3.63) is 70.2 Å². The summed E-state index contributed by atoms with van der Waals surface area (Å²) in [7, 11) is 0. The minimum atomic E-state index is -0.530. The van der Waals surface area contributed by atoms with Crippen LogP contribution in [0.2, 0.25) is 5.02 Å². The van der Waals surface area contributed by atoms with E-state index < -0.39 is 5.91 Å². The third-order valence-corrected chi connectivity index (χ3v) is 5.03. The zero-order valence-electron chi connectivity index (χ0n) is 14.2. The number of benzene rings is 1. The van der Waals surface area contributed by atoms with Crippen molar-refractivity contribution >= 4 is 33.8 Å². The molecule has 2 heterocycles. The molecule has 0 aliphatic carbocycles. The molecule has 26 heavy (non-hydrogen) atoms. The quantitative estimate of drug-likeness (QED) is 0.637. The van der Waals surface area contributed by atoms with Crippen molar-refractivity contribution in [2.45, 2.75) is 13.5 Å². The number of nitrogens with two attached hydrogens (primary N) is 1. The predicted molar refractivity (Wildman–Crippen MR) is 105 cm³/mol. The first-order valence-electron chi connectivity index (χ1n) is 8.07. The molecule has 2 N–H and O–H groups in total. The van der Waals surface area contributed by atoms with Gasteiger partial charge in [0.15, 0.2) is 0 Å². The van der Waals surface area contributed by atoms with E-state index in [4.69, 9.17) is 22.1 Å². The molecule has 0 radical (unpaired) electrons. The maximum absolute atomic E-state index is 11.1. The van der Waals surface area contributed by atoms with Gasteiger partial charge in [-0.2, -0.15) is 0 Å². The van der Waals surface area contributed by atoms with Crippen molar-refractivity contribution in [1.29, 1.82) is 0 Å². The van der Waals surface area contributed by atoms with Gasteiger partial charge < -0.3 is 15.4 Å². The van der Waals surface area contributed by atoms with Gasteiger partial charge in [0.05, 0.1) is 15.6 Å². The normalized spacial score (nSPS) is 10.5. The Morgan fingerprint density at radius 2 is 2.15 bits per heavy atom. The number of thiophene rings is 1. The number of nitrogens with zero attached hydrogens (tertiary/aromatic N) is 2. The lowest BCUT2D eigenvalue weighted by molar-refractivity contribution is 0.1000. The molecule has 134 valence electrons. The fourth-order valence-electron chi connectivity index (χ4n) is 2.44. The summed E-state index contributed by atoms with van der Waals surface area (Å²) in [5.74, 6) is 0.324. The number of ether oxygens (including phenoxy) is 1. The van der Waals surface area contributed by atoms with Crippen LogP contribution in [0.15, 0.2) is 54.0 Å². The Morgan fingerprint density at radius 3 is 2.73 bits per heavy atom. The van der Waals surface area contributed by atoms with Crippen LogP contribution in [-0.2, 0) is 6.54 Å². The highest BCUT2D eigenvalue weighted by atomic mass is 35.5. The average Bonchev–Trinajstić information content (AvgIpc) is 3.17. The molecular weight excluding hydrogens is 370 g/mol. The number of rotatable bonds is 7. The Balaban J connectivity index is 1.72. The highest BCUT2D eigenvalue weighted by Gasteiger charge is 2.10. The molecule has 0 aliphatic heterocycles. The number of primary amides is 1. The van der Waals surface area contributed by atoms with Crippen LogP contribution < -0.4 is 15.4 Å². The van der Waals surface area contributed by atoms with Crippen molar-refractivity contribution < 1.29 is 9.53 Å². The summed E-state index contributed by atoms with van der Waals surface area (Å²) in [6.45, 7) is 3.80. The number of hydrogen-bond donors (Lipinski definition) is 1. The number of halogens is 1. The third-order valence-electron chi connectivity index (χ3n) is 3.80. The molecule has 0 unspecified atom stereocenters. The molecule has 0 spiro atoms. The molecule has 0 saturated heterocycles. The van der Waals surface area contributed by atoms with Gasteiger partial charge in [0.1, 0.15) is 5.75 Å². The number of pyridine rings is 1. The molecule has 0 bridgehead atoms. The highest BCUT2D eigenvalue weighted by Crippen LogP contribution is 2.31. The van der Waals surface area contributed by atoms with Gasteiger partial charge >= 0.3 is 0 Å². The SMILES string of the molecule is CCN(Cc1ccc(Oc2ccc(C(N)=O)cn2)c(Cl)c1)c1cccs1. The molecule has 3 aromatic rings. The number of aromatic nitrogens is 1. The summed E-state index contributed by atoms with van der Waals surface area (Å²) in [5, 5.41) is 3.80. The maximum atomic E-state index is 11.1. The molecule has 1 amide bonds. The first kappa shape index (κ1) is 18.2. The smallest absolute Gasteiger partial charge is 0.250 e. The second kappa shape index (κ2) is 8.21. The van der Waals surface area contributed by atoms with E-state index in [9.17, 15) is 4.79 Å². The number of carbonyl (C=O) groups is 1. The van der Waals surface area contributed by atoms with E-state index in [1.807, 2.05) is 24.3 Å². The fourth-order valence-corrected chi connectivity index (χ4v) is 3.48. The van der Waals surface area contributed by atoms with Gasteiger partial charge in [0, 0.05) is 25.4 Å². The molecular formula is C19H18ClN3O2S. The molecule has 0 aliphatic rings. The Kier molecular flexibility index (Phi) is 5.75. The molecule has 7 heteroatoms. The van der Waals surface area contributed by atoms with E-state index in [1.165, 1.54) is 11.2 Å². The van der Waals surface area contributed by atoms with Crippen molar-refractivity contribution in [3.63, 3.8) is 0 Å². The Labute approximate surface area is 161 Å². The van der Waals surface area contributed by atoms with Crippen LogP contribution in [0.5, 0.6) is 11.6 Å². The third kappa shape index (κ3) is 4.33. The molecule has 5 nitrogen and oxygen atoms in total. The standard InChI is InChI=1S/C19H18ClN3O2S/c1-2-23(18-4-3-9-26-18)12-13-5-7-16(15(20)10-13)25-17-8-6-14(11-22-17)19(21)24/h3-11H,2,12H2,1H3,(H2,21,24). The second-order valence-corrected chi connectivity index (χ2v) is 6.92. The van der Waals surface area contributed by atoms with E-state index in [1.54, 1.807) is 23.5 Å². The topological polar surface area (TPSA) is 68.5 Å². The number of hydrogen-bond acceptors (Lipinski definition) is 5. The highest BCUT2D eigenvalue weighted by molar-refractivity contribution is 7.14. The fraction of sp³-hybridized carbons (Fsp3) is 0.158. The summed E-state index contributed by atoms with van der Waals surface area (Å²) < 4.78 is 5.70. The minimum Gasteiger partial charge on any atom is -0.437 e. The lowest BCUT2D eigenvalue weighted by Gasteiger charge is -2.21. The molecule has 0 atom stereocenters. The molecule has 2 aromatic heterocycles. The number of amides is 1. The van der Waals surface area contributed by atoms with Gasteiger partial charge in [0.2, 0.25) is 11.8 Å². The van der Waals surface area contributed by atoms with E-state index >= 15 is 0 Å². The number of anilines is 1. The summed E-state index contributed by atoms with van der Waals surface area (Å²) in [6.07, 6.45) is 1.38. The van der Waals surface area contributed by atoms with Gasteiger partial charge in [-0.1, -0.05) is 17.7 Å². The van der Waals surface area contributed by atoms with E-state index in [0.717, 1.165) is 18.7 Å². The van der Waals surface area contributed by atoms with E-state index in [0.29, 0.717) is 22.2 Å². The van der Waals surface area contributed by atoms with Gasteiger partial charge in [-0.25, -0.2) is 4.98 Å². The van der Waals surface area contributed by atoms with Crippen molar-refractivity contribution in [1.82, 2.24) is 4.98 Å². The first-order chi connectivity index (χ1) is 12.6. The van der Waals surface area contributed by atoms with Crippen LogP contribution in [-0.4, -0.2) is 17.4 Å². The van der Waals surface area contributed by atoms with Gasteiger partial charge in [0.25, 0.3) is 0 Å². The molecule has 0 saturated carbocycles. The Bertz CT molecular complexity index is 882. The van der Waals surface area contributed by atoms with Crippen molar-refractivity contribution in [3.8, 4) is 11.6 Å². The molecule has 0 fully saturated rings. The summed E-state index contributed by atoms with van der Waals surface area (Å²) in [6, 6.07) is 13.0. The van der Waals surface area contributed by atoms with Gasteiger partial charge in [-0.15, -0.1) is 11.3 Å². The Hall–Kier alpha value is -2.57. The summed E-state index contributed by atoms with van der Waals surface area (Å²) in [5.41, 5.74) is 6.62. The second-order valence-electron chi connectivity index (χ2n) is 5.58. The van der Waals surface area contributed by atoms with Crippen molar-refractivity contribution in [2.24, 2.45) is 5.73 Å².